The van der Waals surface area contributed by atoms with Crippen molar-refractivity contribution in [3.05, 3.63) is 47.5 Å². The average Bonchev–Trinajstić information content (AvgIpc) is 3.39. The molecule has 0 bridgehead atoms. The summed E-state index contributed by atoms with van der Waals surface area (Å²) in [4.78, 5) is 26.8. The fourth-order valence-corrected chi connectivity index (χ4v) is 3.61. The molecule has 2 aromatic rings. The number of aryl methyl sites for hydroxylation is 1. The Morgan fingerprint density at radius 1 is 1.14 bits per heavy atom. The minimum atomic E-state index is -0.348. The van der Waals surface area contributed by atoms with Crippen LogP contribution in [-0.2, 0) is 6.54 Å². The first-order valence-electron chi connectivity index (χ1n) is 9.88. The molecule has 8 heteroatoms. The molecule has 1 saturated heterocycles. The maximum absolute atomic E-state index is 13.1. The van der Waals surface area contributed by atoms with E-state index in [0.717, 1.165) is 38.5 Å². The van der Waals surface area contributed by atoms with Crippen LogP contribution in [-0.4, -0.2) is 50.3 Å². The highest BCUT2D eigenvalue weighted by molar-refractivity contribution is 5.94. The number of hydrogen-bond acceptors (Lipinski definition) is 4. The molecule has 1 N–H and O–H groups in total. The van der Waals surface area contributed by atoms with Crippen molar-refractivity contribution in [2.75, 3.05) is 6.54 Å². The highest BCUT2D eigenvalue weighted by atomic mass is 19.1. The summed E-state index contributed by atoms with van der Waals surface area (Å²) in [5.74, 6) is -0.591. The van der Waals surface area contributed by atoms with Gasteiger partial charge in [-0.25, -0.2) is 4.39 Å². The number of halogens is 1. The van der Waals surface area contributed by atoms with Gasteiger partial charge in [0.15, 0.2) is 5.69 Å². The Morgan fingerprint density at radius 2 is 1.93 bits per heavy atom. The van der Waals surface area contributed by atoms with Crippen LogP contribution in [0.2, 0.25) is 0 Å². The fraction of sp³-hybridized carbons (Fsp3) is 0.500. The third kappa shape index (κ3) is 4.37. The second-order valence-corrected chi connectivity index (χ2v) is 7.56. The lowest BCUT2D eigenvalue weighted by molar-refractivity contribution is 0.0593. The third-order valence-corrected chi connectivity index (χ3v) is 5.35. The molecule has 0 spiro atoms. The van der Waals surface area contributed by atoms with Crippen LogP contribution in [0.5, 0.6) is 0 Å². The predicted octanol–water partition coefficient (Wildman–Crippen LogP) is 2.39. The van der Waals surface area contributed by atoms with E-state index in [1.165, 1.54) is 24.3 Å². The molecule has 1 aliphatic heterocycles. The maximum Gasteiger partial charge on any atom is 0.273 e. The van der Waals surface area contributed by atoms with Gasteiger partial charge >= 0.3 is 0 Å². The molecule has 148 valence electrons. The van der Waals surface area contributed by atoms with Gasteiger partial charge in [-0.1, -0.05) is 5.21 Å². The first kappa shape index (κ1) is 18.6. The van der Waals surface area contributed by atoms with E-state index in [0.29, 0.717) is 24.3 Å². The van der Waals surface area contributed by atoms with Crippen LogP contribution in [0, 0.1) is 5.82 Å². The van der Waals surface area contributed by atoms with Crippen molar-refractivity contribution in [2.24, 2.45) is 0 Å². The molecule has 1 saturated carbocycles. The second kappa shape index (κ2) is 8.08. The first-order chi connectivity index (χ1) is 13.6. The van der Waals surface area contributed by atoms with Crippen molar-refractivity contribution in [1.82, 2.24) is 25.2 Å². The van der Waals surface area contributed by atoms with Crippen LogP contribution in [0.1, 0.15) is 59.4 Å². The lowest BCUT2D eigenvalue weighted by atomic mass is 9.98. The molecule has 1 aromatic carbocycles. The fourth-order valence-electron chi connectivity index (χ4n) is 3.61. The highest BCUT2D eigenvalue weighted by Crippen LogP contribution is 2.23. The van der Waals surface area contributed by atoms with Gasteiger partial charge in [0.05, 0.1) is 6.20 Å². The minimum Gasteiger partial charge on any atom is -0.348 e. The van der Waals surface area contributed by atoms with Crippen LogP contribution >= 0.6 is 0 Å². The zero-order chi connectivity index (χ0) is 19.5. The van der Waals surface area contributed by atoms with Gasteiger partial charge in [0, 0.05) is 30.7 Å². The van der Waals surface area contributed by atoms with E-state index in [-0.39, 0.29) is 29.7 Å². The number of likely N-dealkylation sites (tertiary alicyclic amines) is 1. The van der Waals surface area contributed by atoms with Crippen molar-refractivity contribution in [1.29, 1.82) is 0 Å². The number of hydrogen-bond donors (Lipinski definition) is 1. The number of nitrogens with zero attached hydrogens (tertiary/aromatic N) is 4. The maximum atomic E-state index is 13.1. The molecule has 0 radical (unpaired) electrons. The Kier molecular flexibility index (Phi) is 5.36. The Balaban J connectivity index is 1.37. The summed E-state index contributed by atoms with van der Waals surface area (Å²) in [6, 6.07) is 6.08. The monoisotopic (exact) mass is 385 g/mol. The Bertz CT molecular complexity index is 847. The summed E-state index contributed by atoms with van der Waals surface area (Å²) < 4.78 is 14.8. The molecule has 1 unspecified atom stereocenters. The molecule has 28 heavy (non-hydrogen) atoms. The van der Waals surface area contributed by atoms with Gasteiger partial charge in [-0.3, -0.25) is 14.3 Å². The van der Waals surface area contributed by atoms with E-state index in [9.17, 15) is 14.0 Å². The van der Waals surface area contributed by atoms with Crippen LogP contribution in [0.4, 0.5) is 4.39 Å². The summed E-state index contributed by atoms with van der Waals surface area (Å²) in [5, 5.41) is 10.9. The minimum absolute atomic E-state index is 0.0622. The molecule has 1 aromatic heterocycles. The number of benzene rings is 1. The van der Waals surface area contributed by atoms with Gasteiger partial charge < -0.3 is 10.2 Å². The van der Waals surface area contributed by atoms with E-state index in [1.807, 2.05) is 4.90 Å². The van der Waals surface area contributed by atoms with Crippen LogP contribution < -0.4 is 5.32 Å². The third-order valence-electron chi connectivity index (χ3n) is 5.35. The Labute approximate surface area is 162 Å². The topological polar surface area (TPSA) is 80.1 Å². The highest BCUT2D eigenvalue weighted by Gasteiger charge is 2.28. The molecular formula is C20H24FN5O2. The summed E-state index contributed by atoms with van der Waals surface area (Å²) in [7, 11) is 0. The first-order valence-corrected chi connectivity index (χ1v) is 9.88. The van der Waals surface area contributed by atoms with Gasteiger partial charge in [0.1, 0.15) is 5.82 Å². The van der Waals surface area contributed by atoms with Gasteiger partial charge in [0.25, 0.3) is 11.8 Å². The quantitative estimate of drug-likeness (QED) is 0.828. The normalized spacial score (nSPS) is 19.5. The number of rotatable bonds is 6. The van der Waals surface area contributed by atoms with Gasteiger partial charge in [0.2, 0.25) is 0 Å². The van der Waals surface area contributed by atoms with E-state index in [2.05, 4.69) is 15.6 Å². The second-order valence-electron chi connectivity index (χ2n) is 7.56. The Morgan fingerprint density at radius 3 is 2.68 bits per heavy atom. The number of amides is 2. The zero-order valence-electron chi connectivity index (χ0n) is 15.7. The smallest absolute Gasteiger partial charge is 0.273 e. The van der Waals surface area contributed by atoms with Crippen molar-refractivity contribution >= 4 is 11.8 Å². The molecular weight excluding hydrogens is 361 g/mol. The average molecular weight is 385 g/mol. The van der Waals surface area contributed by atoms with Gasteiger partial charge in [-0.05, 0) is 62.8 Å². The van der Waals surface area contributed by atoms with Crippen LogP contribution in [0.3, 0.4) is 0 Å². The number of carbonyl (C=O) groups is 2. The van der Waals surface area contributed by atoms with Crippen molar-refractivity contribution in [3.63, 3.8) is 0 Å². The molecule has 7 nitrogen and oxygen atoms in total. The molecule has 4 rings (SSSR count). The lowest BCUT2D eigenvalue weighted by Crippen LogP contribution is -2.44. The molecule has 2 heterocycles. The van der Waals surface area contributed by atoms with Crippen molar-refractivity contribution in [2.45, 2.75) is 57.2 Å². The summed E-state index contributed by atoms with van der Waals surface area (Å²) in [6.45, 7) is 1.29. The van der Waals surface area contributed by atoms with Crippen LogP contribution in [0.15, 0.2) is 30.5 Å². The number of carbonyl (C=O) groups excluding carboxylic acids is 2. The molecule has 2 fully saturated rings. The molecule has 2 amide bonds. The number of piperidine rings is 1. The summed E-state index contributed by atoms with van der Waals surface area (Å²) >= 11 is 0. The summed E-state index contributed by atoms with van der Waals surface area (Å²) in [5.41, 5.74) is 0.836. The standard InChI is InChI=1S/C20H24FN5O2/c21-15-6-4-14(5-7-15)20(28)26-11-2-1-3-17(26)10-12-25-13-18(23-24-25)19(27)22-16-8-9-16/h4-7,13,16-17H,1-3,8-12H2,(H,22,27). The largest absolute Gasteiger partial charge is 0.348 e. The van der Waals surface area contributed by atoms with Gasteiger partial charge in [-0.2, -0.15) is 0 Å². The van der Waals surface area contributed by atoms with Crippen molar-refractivity contribution < 1.29 is 14.0 Å². The molecule has 1 aliphatic carbocycles. The SMILES string of the molecule is O=C(NC1CC1)c1cn(CCC2CCCCN2C(=O)c2ccc(F)cc2)nn1. The number of aromatic nitrogens is 3. The zero-order valence-corrected chi connectivity index (χ0v) is 15.7. The predicted molar refractivity (Wildman–Crippen MR) is 100 cm³/mol. The van der Waals surface area contributed by atoms with E-state index >= 15 is 0 Å². The van der Waals surface area contributed by atoms with E-state index in [4.69, 9.17) is 0 Å². The van der Waals surface area contributed by atoms with E-state index < -0.39 is 0 Å². The van der Waals surface area contributed by atoms with Gasteiger partial charge in [-0.15, -0.1) is 5.10 Å². The van der Waals surface area contributed by atoms with Crippen molar-refractivity contribution in [3.8, 4) is 0 Å². The number of nitrogens with one attached hydrogen (secondary N) is 1. The Hall–Kier alpha value is -2.77. The summed E-state index contributed by atoms with van der Waals surface area (Å²) in [6.07, 6.45) is 7.42. The molecule has 2 aliphatic rings. The van der Waals surface area contributed by atoms with E-state index in [1.54, 1.807) is 10.9 Å². The van der Waals surface area contributed by atoms with Crippen LogP contribution in [0.25, 0.3) is 0 Å². The lowest BCUT2D eigenvalue weighted by Gasteiger charge is -2.36. The molecule has 1 atom stereocenters.